The first-order chi connectivity index (χ1) is 10.2. The van der Waals surface area contributed by atoms with Crippen LogP contribution in [0, 0.1) is 0 Å². The molecule has 110 valence electrons. The molecule has 0 radical (unpaired) electrons. The van der Waals surface area contributed by atoms with Gasteiger partial charge in [-0.1, -0.05) is 30.3 Å². The summed E-state index contributed by atoms with van der Waals surface area (Å²) in [7, 11) is 0. The van der Waals surface area contributed by atoms with Crippen molar-refractivity contribution in [2.75, 3.05) is 18.1 Å². The van der Waals surface area contributed by atoms with Crippen molar-refractivity contribution in [1.82, 2.24) is 0 Å². The van der Waals surface area contributed by atoms with Crippen LogP contribution in [0.2, 0.25) is 0 Å². The van der Waals surface area contributed by atoms with Gasteiger partial charge in [0.05, 0.1) is 5.92 Å². The Hall–Kier alpha value is -1.94. The summed E-state index contributed by atoms with van der Waals surface area (Å²) in [5.41, 5.74) is 7.27. The predicted octanol–water partition coefficient (Wildman–Crippen LogP) is 3.71. The van der Waals surface area contributed by atoms with Gasteiger partial charge < -0.3 is 10.5 Å². The zero-order valence-corrected chi connectivity index (χ0v) is 12.8. The maximum absolute atomic E-state index is 12.0. The summed E-state index contributed by atoms with van der Waals surface area (Å²) in [6.07, 6.45) is 0. The molecule has 2 aromatic rings. The van der Waals surface area contributed by atoms with E-state index in [2.05, 4.69) is 0 Å². The third kappa shape index (κ3) is 4.83. The van der Waals surface area contributed by atoms with Crippen LogP contribution in [-0.4, -0.2) is 18.3 Å². The van der Waals surface area contributed by atoms with E-state index < -0.39 is 0 Å². The molecular weight excluding hydrogens is 282 g/mol. The lowest BCUT2D eigenvalue weighted by molar-refractivity contribution is -0.144. The Morgan fingerprint density at radius 1 is 1.19 bits per heavy atom. The van der Waals surface area contributed by atoms with E-state index in [1.807, 2.05) is 55.5 Å². The molecule has 2 rings (SSSR count). The number of rotatable bonds is 6. The van der Waals surface area contributed by atoms with E-state index in [0.717, 1.165) is 11.3 Å². The van der Waals surface area contributed by atoms with Crippen LogP contribution < -0.4 is 5.73 Å². The molecule has 0 aliphatic rings. The highest BCUT2D eigenvalue weighted by atomic mass is 32.2. The smallest absolute Gasteiger partial charge is 0.313 e. The minimum absolute atomic E-state index is 0.214. The molecule has 4 heteroatoms. The van der Waals surface area contributed by atoms with Crippen molar-refractivity contribution in [3.05, 3.63) is 60.2 Å². The lowest BCUT2D eigenvalue weighted by Crippen LogP contribution is -2.15. The number of esters is 1. The van der Waals surface area contributed by atoms with Crippen molar-refractivity contribution >= 4 is 23.4 Å². The van der Waals surface area contributed by atoms with E-state index in [4.69, 9.17) is 10.5 Å². The summed E-state index contributed by atoms with van der Waals surface area (Å²) in [5, 5.41) is 0. The fourth-order valence-corrected chi connectivity index (χ4v) is 2.66. The van der Waals surface area contributed by atoms with Gasteiger partial charge in [-0.15, -0.1) is 11.8 Å². The maximum Gasteiger partial charge on any atom is 0.313 e. The van der Waals surface area contributed by atoms with Crippen molar-refractivity contribution in [2.45, 2.75) is 17.7 Å². The van der Waals surface area contributed by atoms with E-state index >= 15 is 0 Å². The fraction of sp³-hybridized carbons (Fsp3) is 0.235. The van der Waals surface area contributed by atoms with Gasteiger partial charge in [0.15, 0.2) is 0 Å². The highest BCUT2D eigenvalue weighted by molar-refractivity contribution is 7.99. The molecule has 0 saturated carbocycles. The minimum Gasteiger partial charge on any atom is -0.464 e. The lowest BCUT2D eigenvalue weighted by atomic mass is 10.0. The van der Waals surface area contributed by atoms with Crippen LogP contribution in [0.4, 0.5) is 5.69 Å². The van der Waals surface area contributed by atoms with Gasteiger partial charge in [0.2, 0.25) is 0 Å². The van der Waals surface area contributed by atoms with E-state index in [9.17, 15) is 4.79 Å². The Bertz CT molecular complexity index is 586. The molecule has 2 aromatic carbocycles. The third-order valence-corrected chi connectivity index (χ3v) is 4.08. The zero-order valence-electron chi connectivity index (χ0n) is 12.0. The fourth-order valence-electron chi connectivity index (χ4n) is 1.91. The number of hydrogen-bond acceptors (Lipinski definition) is 4. The first-order valence-electron chi connectivity index (χ1n) is 6.87. The average molecular weight is 301 g/mol. The number of benzene rings is 2. The maximum atomic E-state index is 12.0. The molecule has 0 bridgehead atoms. The van der Waals surface area contributed by atoms with Crippen LogP contribution in [0.25, 0.3) is 0 Å². The van der Waals surface area contributed by atoms with Crippen molar-refractivity contribution in [1.29, 1.82) is 0 Å². The highest BCUT2D eigenvalue weighted by Crippen LogP contribution is 2.20. The van der Waals surface area contributed by atoms with Crippen LogP contribution in [-0.2, 0) is 9.53 Å². The number of hydrogen-bond donors (Lipinski definition) is 1. The number of anilines is 1. The molecule has 1 unspecified atom stereocenters. The molecule has 0 spiro atoms. The van der Waals surface area contributed by atoms with E-state index in [1.54, 1.807) is 17.8 Å². The van der Waals surface area contributed by atoms with E-state index in [0.29, 0.717) is 12.3 Å². The lowest BCUT2D eigenvalue weighted by Gasteiger charge is -2.12. The van der Waals surface area contributed by atoms with Crippen molar-refractivity contribution in [3.8, 4) is 0 Å². The second kappa shape index (κ2) is 7.74. The van der Waals surface area contributed by atoms with Gasteiger partial charge in [0.1, 0.15) is 6.61 Å². The van der Waals surface area contributed by atoms with Gasteiger partial charge in [0.25, 0.3) is 0 Å². The first kappa shape index (κ1) is 15.4. The van der Waals surface area contributed by atoms with Gasteiger partial charge in [-0.2, -0.15) is 0 Å². The normalized spacial score (nSPS) is 11.9. The monoisotopic (exact) mass is 301 g/mol. The van der Waals surface area contributed by atoms with Crippen molar-refractivity contribution in [2.24, 2.45) is 0 Å². The standard InChI is InChI=1S/C17H19NO2S/c1-13(14-6-5-7-15(18)12-14)17(19)20-10-11-21-16-8-3-2-4-9-16/h2-9,12-13H,10-11,18H2,1H3. The topological polar surface area (TPSA) is 52.3 Å². The van der Waals surface area contributed by atoms with Crippen molar-refractivity contribution in [3.63, 3.8) is 0 Å². The Kier molecular flexibility index (Phi) is 5.69. The second-order valence-electron chi connectivity index (χ2n) is 4.72. The number of nitrogens with two attached hydrogens (primary N) is 1. The summed E-state index contributed by atoms with van der Waals surface area (Å²) in [6.45, 7) is 2.24. The molecular formula is C17H19NO2S. The molecule has 0 aromatic heterocycles. The summed E-state index contributed by atoms with van der Waals surface area (Å²) < 4.78 is 5.32. The summed E-state index contributed by atoms with van der Waals surface area (Å²) in [4.78, 5) is 13.2. The second-order valence-corrected chi connectivity index (χ2v) is 5.89. The average Bonchev–Trinajstić information content (AvgIpc) is 2.51. The molecule has 3 nitrogen and oxygen atoms in total. The largest absolute Gasteiger partial charge is 0.464 e. The quantitative estimate of drug-likeness (QED) is 0.382. The number of thioether (sulfide) groups is 1. The van der Waals surface area contributed by atoms with Gasteiger partial charge in [-0.05, 0) is 36.8 Å². The first-order valence-corrected chi connectivity index (χ1v) is 7.85. The molecule has 2 N–H and O–H groups in total. The van der Waals surface area contributed by atoms with Gasteiger partial charge in [0, 0.05) is 16.3 Å². The Labute approximate surface area is 129 Å². The minimum atomic E-state index is -0.296. The summed E-state index contributed by atoms with van der Waals surface area (Å²) in [5.74, 6) is 0.240. The van der Waals surface area contributed by atoms with Crippen LogP contribution in [0.3, 0.4) is 0 Å². The SMILES string of the molecule is CC(C(=O)OCCSc1ccccc1)c1cccc(N)c1. The van der Waals surface area contributed by atoms with E-state index in [1.165, 1.54) is 4.90 Å². The number of carbonyl (C=O) groups excluding carboxylic acids is 1. The molecule has 0 aliphatic heterocycles. The Morgan fingerprint density at radius 2 is 1.95 bits per heavy atom. The van der Waals surface area contributed by atoms with Crippen molar-refractivity contribution < 1.29 is 9.53 Å². The van der Waals surface area contributed by atoms with Crippen LogP contribution in [0.5, 0.6) is 0 Å². The molecule has 0 saturated heterocycles. The van der Waals surface area contributed by atoms with Gasteiger partial charge in [-0.25, -0.2) is 0 Å². The van der Waals surface area contributed by atoms with Gasteiger partial charge >= 0.3 is 5.97 Å². The van der Waals surface area contributed by atoms with Crippen LogP contribution in [0.15, 0.2) is 59.5 Å². The molecule has 1 atom stereocenters. The third-order valence-electron chi connectivity index (χ3n) is 3.10. The summed E-state index contributed by atoms with van der Waals surface area (Å²) in [6, 6.07) is 17.4. The molecule has 0 heterocycles. The predicted molar refractivity (Wildman–Crippen MR) is 87.4 cm³/mol. The number of nitrogen functional groups attached to an aromatic ring is 1. The van der Waals surface area contributed by atoms with Crippen LogP contribution in [0.1, 0.15) is 18.4 Å². The highest BCUT2D eigenvalue weighted by Gasteiger charge is 2.16. The Morgan fingerprint density at radius 3 is 2.67 bits per heavy atom. The number of carbonyl (C=O) groups is 1. The number of ether oxygens (including phenoxy) is 1. The Balaban J connectivity index is 1.77. The van der Waals surface area contributed by atoms with E-state index in [-0.39, 0.29) is 11.9 Å². The zero-order chi connectivity index (χ0) is 15.1. The molecule has 0 amide bonds. The molecule has 0 aliphatic carbocycles. The van der Waals surface area contributed by atoms with Gasteiger partial charge in [-0.3, -0.25) is 4.79 Å². The molecule has 21 heavy (non-hydrogen) atoms. The summed E-state index contributed by atoms with van der Waals surface area (Å²) >= 11 is 1.68. The van der Waals surface area contributed by atoms with Crippen LogP contribution >= 0.6 is 11.8 Å². The molecule has 0 fully saturated rings.